The van der Waals surface area contributed by atoms with E-state index in [1.165, 1.54) is 24.4 Å². The van der Waals surface area contributed by atoms with Crippen LogP contribution in [0.15, 0.2) is 11.1 Å². The number of carbonyl (C=O) groups excluding carboxylic acids is 1. The molecule has 0 saturated heterocycles. The number of fused-ring (bicyclic) bond motifs is 1. The van der Waals surface area contributed by atoms with E-state index in [-0.39, 0.29) is 11.7 Å². The molecular formula is C12H12N2O2S. The normalized spacial score (nSPS) is 12.9. The zero-order chi connectivity index (χ0) is 12.3. The van der Waals surface area contributed by atoms with Gasteiger partial charge in [0.25, 0.3) is 0 Å². The largest absolute Gasteiger partial charge is 0.468 e. The molecule has 0 amide bonds. The van der Waals surface area contributed by atoms with Crippen LogP contribution in [0.5, 0.6) is 0 Å². The number of thioether (sulfide) groups is 1. The van der Waals surface area contributed by atoms with Gasteiger partial charge in [0.05, 0.1) is 18.4 Å². The Hall–Kier alpha value is -1.54. The SMILES string of the molecule is COC(=O)CSc1nc2c(cc1C#N)CCC2. The van der Waals surface area contributed by atoms with Crippen molar-refractivity contribution in [1.82, 2.24) is 4.98 Å². The second kappa shape index (κ2) is 5.19. The third-order valence-electron chi connectivity index (χ3n) is 2.69. The zero-order valence-corrected chi connectivity index (χ0v) is 10.3. The fraction of sp³-hybridized carbons (Fsp3) is 0.417. The summed E-state index contributed by atoms with van der Waals surface area (Å²) in [5.74, 6) is -0.113. The maximum absolute atomic E-state index is 11.1. The van der Waals surface area contributed by atoms with Crippen molar-refractivity contribution in [1.29, 1.82) is 5.26 Å². The first kappa shape index (κ1) is 11.9. The van der Waals surface area contributed by atoms with Gasteiger partial charge in [-0.3, -0.25) is 4.79 Å². The van der Waals surface area contributed by atoms with Crippen molar-refractivity contribution in [3.05, 3.63) is 22.9 Å². The molecule has 1 aliphatic rings. The molecule has 0 saturated carbocycles. The summed E-state index contributed by atoms with van der Waals surface area (Å²) in [5.41, 5.74) is 2.79. The van der Waals surface area contributed by atoms with E-state index in [1.807, 2.05) is 6.07 Å². The molecule has 4 nitrogen and oxygen atoms in total. The number of aromatic nitrogens is 1. The number of nitriles is 1. The molecule has 0 aromatic carbocycles. The topological polar surface area (TPSA) is 63.0 Å². The van der Waals surface area contributed by atoms with E-state index in [2.05, 4.69) is 15.8 Å². The number of hydrogen-bond acceptors (Lipinski definition) is 5. The smallest absolute Gasteiger partial charge is 0.316 e. The third kappa shape index (κ3) is 2.59. The summed E-state index contributed by atoms with van der Waals surface area (Å²) in [6, 6.07) is 4.03. The highest BCUT2D eigenvalue weighted by Crippen LogP contribution is 2.27. The molecule has 0 fully saturated rings. The number of esters is 1. The monoisotopic (exact) mass is 248 g/mol. The van der Waals surface area contributed by atoms with Crippen LogP contribution in [-0.2, 0) is 22.4 Å². The first-order chi connectivity index (χ1) is 8.24. The van der Waals surface area contributed by atoms with Gasteiger partial charge in [-0.2, -0.15) is 5.26 Å². The van der Waals surface area contributed by atoms with Crippen LogP contribution in [0.1, 0.15) is 23.2 Å². The Morgan fingerprint density at radius 3 is 3.18 bits per heavy atom. The van der Waals surface area contributed by atoms with Gasteiger partial charge >= 0.3 is 5.97 Å². The molecule has 17 heavy (non-hydrogen) atoms. The minimum atomic E-state index is -0.304. The van der Waals surface area contributed by atoms with Gasteiger partial charge in [-0.05, 0) is 30.9 Å². The van der Waals surface area contributed by atoms with Crippen LogP contribution in [0.2, 0.25) is 0 Å². The minimum absolute atomic E-state index is 0.191. The summed E-state index contributed by atoms with van der Waals surface area (Å²) < 4.78 is 4.57. The van der Waals surface area contributed by atoms with E-state index >= 15 is 0 Å². The van der Waals surface area contributed by atoms with E-state index < -0.39 is 0 Å². The van der Waals surface area contributed by atoms with Crippen LogP contribution in [0.3, 0.4) is 0 Å². The standard InChI is InChI=1S/C12H12N2O2S/c1-16-11(15)7-17-12-9(6-13)5-8-3-2-4-10(8)14-12/h5H,2-4,7H2,1H3. The van der Waals surface area contributed by atoms with Gasteiger partial charge in [-0.15, -0.1) is 0 Å². The Morgan fingerprint density at radius 2 is 2.47 bits per heavy atom. The molecule has 0 radical (unpaired) electrons. The Labute approximate surface area is 104 Å². The number of pyridine rings is 1. The van der Waals surface area contributed by atoms with Crippen LogP contribution in [0, 0.1) is 11.3 Å². The van der Waals surface area contributed by atoms with E-state index in [0.717, 1.165) is 25.0 Å². The van der Waals surface area contributed by atoms with Crippen LogP contribution >= 0.6 is 11.8 Å². The van der Waals surface area contributed by atoms with Gasteiger partial charge < -0.3 is 4.74 Å². The van der Waals surface area contributed by atoms with Crippen molar-refractivity contribution in [2.75, 3.05) is 12.9 Å². The summed E-state index contributed by atoms with van der Waals surface area (Å²) in [5, 5.41) is 9.69. The highest BCUT2D eigenvalue weighted by Gasteiger charge is 2.17. The van der Waals surface area contributed by atoms with Gasteiger partial charge in [-0.1, -0.05) is 11.8 Å². The highest BCUT2D eigenvalue weighted by atomic mass is 32.2. The lowest BCUT2D eigenvalue weighted by molar-refractivity contribution is -0.137. The first-order valence-corrected chi connectivity index (χ1v) is 6.35. The number of nitrogens with zero attached hydrogens (tertiary/aromatic N) is 2. The maximum Gasteiger partial charge on any atom is 0.316 e. The fourth-order valence-electron chi connectivity index (χ4n) is 1.83. The molecule has 1 aromatic rings. The number of aryl methyl sites for hydroxylation is 2. The second-order valence-electron chi connectivity index (χ2n) is 3.78. The molecular weight excluding hydrogens is 236 g/mol. The summed E-state index contributed by atoms with van der Waals surface area (Å²) >= 11 is 1.26. The van der Waals surface area contributed by atoms with Gasteiger partial charge in [0.1, 0.15) is 11.1 Å². The maximum atomic E-state index is 11.1. The van der Waals surface area contributed by atoms with E-state index in [0.29, 0.717) is 10.6 Å². The molecule has 2 rings (SSSR count). The van der Waals surface area contributed by atoms with Crippen LogP contribution in [0.4, 0.5) is 0 Å². The Balaban J connectivity index is 2.21. The third-order valence-corrected chi connectivity index (χ3v) is 3.66. The molecule has 1 aliphatic carbocycles. The van der Waals surface area contributed by atoms with Crippen LogP contribution < -0.4 is 0 Å². The molecule has 0 atom stereocenters. The predicted octanol–water partition coefficient (Wildman–Crippen LogP) is 1.71. The average molecular weight is 248 g/mol. The Bertz CT molecular complexity index is 494. The summed E-state index contributed by atoms with van der Waals surface area (Å²) in [4.78, 5) is 15.5. The van der Waals surface area contributed by atoms with Crippen molar-refractivity contribution in [3.8, 4) is 6.07 Å². The lowest BCUT2D eigenvalue weighted by atomic mass is 10.2. The molecule has 1 aromatic heterocycles. The number of carbonyl (C=O) groups is 1. The Morgan fingerprint density at radius 1 is 1.65 bits per heavy atom. The average Bonchev–Trinajstić information content (AvgIpc) is 2.81. The summed E-state index contributed by atoms with van der Waals surface area (Å²) in [6.45, 7) is 0. The molecule has 0 spiro atoms. The van der Waals surface area contributed by atoms with Gasteiger partial charge in [0, 0.05) is 5.69 Å². The van der Waals surface area contributed by atoms with Crippen molar-refractivity contribution in [2.24, 2.45) is 0 Å². The van der Waals surface area contributed by atoms with Crippen LogP contribution in [-0.4, -0.2) is 23.8 Å². The molecule has 0 N–H and O–H groups in total. The molecule has 0 bridgehead atoms. The molecule has 0 unspecified atom stereocenters. The van der Waals surface area contributed by atoms with Crippen molar-refractivity contribution in [2.45, 2.75) is 24.3 Å². The number of rotatable bonds is 3. The van der Waals surface area contributed by atoms with E-state index in [4.69, 9.17) is 5.26 Å². The van der Waals surface area contributed by atoms with Gasteiger partial charge in [0.15, 0.2) is 0 Å². The minimum Gasteiger partial charge on any atom is -0.468 e. The Kier molecular flexibility index (Phi) is 3.64. The van der Waals surface area contributed by atoms with Gasteiger partial charge in [0.2, 0.25) is 0 Å². The quantitative estimate of drug-likeness (QED) is 0.602. The fourth-order valence-corrected chi connectivity index (χ4v) is 2.64. The second-order valence-corrected chi connectivity index (χ2v) is 4.74. The molecule has 5 heteroatoms. The van der Waals surface area contributed by atoms with Crippen LogP contribution in [0.25, 0.3) is 0 Å². The van der Waals surface area contributed by atoms with Crippen molar-refractivity contribution in [3.63, 3.8) is 0 Å². The van der Waals surface area contributed by atoms with Gasteiger partial charge in [-0.25, -0.2) is 4.98 Å². The number of hydrogen-bond donors (Lipinski definition) is 0. The lowest BCUT2D eigenvalue weighted by Gasteiger charge is -2.05. The lowest BCUT2D eigenvalue weighted by Crippen LogP contribution is -2.04. The zero-order valence-electron chi connectivity index (χ0n) is 9.52. The summed E-state index contributed by atoms with van der Waals surface area (Å²) in [7, 11) is 1.35. The number of methoxy groups -OCH3 is 1. The summed E-state index contributed by atoms with van der Waals surface area (Å²) in [6.07, 6.45) is 3.06. The number of ether oxygens (including phenoxy) is 1. The van der Waals surface area contributed by atoms with E-state index in [1.54, 1.807) is 0 Å². The molecule has 88 valence electrons. The van der Waals surface area contributed by atoms with E-state index in [9.17, 15) is 4.79 Å². The first-order valence-electron chi connectivity index (χ1n) is 5.37. The highest BCUT2D eigenvalue weighted by molar-refractivity contribution is 7.99. The van der Waals surface area contributed by atoms with Crippen molar-refractivity contribution < 1.29 is 9.53 Å². The van der Waals surface area contributed by atoms with Crippen molar-refractivity contribution >= 4 is 17.7 Å². The molecule has 0 aliphatic heterocycles. The predicted molar refractivity (Wildman–Crippen MR) is 63.7 cm³/mol. The molecule has 1 heterocycles.